The van der Waals surface area contributed by atoms with E-state index in [4.69, 9.17) is 37.0 Å². The van der Waals surface area contributed by atoms with Gasteiger partial charge in [0.1, 0.15) is 19.3 Å². The minimum Gasteiger partial charge on any atom is -0.462 e. The van der Waals surface area contributed by atoms with E-state index >= 15 is 0 Å². The van der Waals surface area contributed by atoms with Crippen LogP contribution in [0.2, 0.25) is 0 Å². The van der Waals surface area contributed by atoms with Crippen molar-refractivity contribution >= 4 is 39.5 Å². The van der Waals surface area contributed by atoms with E-state index in [1.807, 2.05) is 0 Å². The first kappa shape index (κ1) is 102. The van der Waals surface area contributed by atoms with Crippen molar-refractivity contribution in [3.05, 3.63) is 0 Å². The van der Waals surface area contributed by atoms with Crippen molar-refractivity contribution in [2.24, 2.45) is 11.8 Å². The maximum atomic E-state index is 13.1. The second-order valence-electron chi connectivity index (χ2n) is 31.5. The Bertz CT molecular complexity index is 1990. The maximum absolute atomic E-state index is 13.1. The second kappa shape index (κ2) is 76.4. The molecule has 0 saturated carbocycles. The highest BCUT2D eigenvalue weighted by molar-refractivity contribution is 7.47. The Morgan fingerprint density at radius 3 is 0.654 bits per heavy atom. The third-order valence-electron chi connectivity index (χ3n) is 20.0. The van der Waals surface area contributed by atoms with Crippen molar-refractivity contribution in [2.45, 2.75) is 471 Å². The van der Waals surface area contributed by atoms with Crippen LogP contribution in [0, 0.1) is 11.8 Å². The molecule has 0 aliphatic heterocycles. The summed E-state index contributed by atoms with van der Waals surface area (Å²) < 4.78 is 68.9. The topological polar surface area (TPSA) is 237 Å². The largest absolute Gasteiger partial charge is 0.472 e. The molecule has 0 aromatic heterocycles. The maximum Gasteiger partial charge on any atom is 0.472 e. The number of hydrogen-bond acceptors (Lipinski definition) is 15. The first-order valence-electron chi connectivity index (χ1n) is 44.0. The number of phosphoric ester groups is 2. The Balaban J connectivity index is 5.24. The van der Waals surface area contributed by atoms with Gasteiger partial charge in [0.25, 0.3) is 0 Å². The summed E-state index contributed by atoms with van der Waals surface area (Å²) in [6, 6.07) is 0. The Morgan fingerprint density at radius 2 is 0.442 bits per heavy atom. The summed E-state index contributed by atoms with van der Waals surface area (Å²) in [6.45, 7) is 9.73. The van der Waals surface area contributed by atoms with Crippen molar-refractivity contribution in [3.8, 4) is 0 Å². The van der Waals surface area contributed by atoms with Crippen molar-refractivity contribution in [3.63, 3.8) is 0 Å². The quantitative estimate of drug-likeness (QED) is 0.0222. The summed E-state index contributed by atoms with van der Waals surface area (Å²) in [5.41, 5.74) is 0. The van der Waals surface area contributed by atoms with Gasteiger partial charge in [0, 0.05) is 25.7 Å². The fourth-order valence-corrected chi connectivity index (χ4v) is 14.8. The normalized spacial score (nSPS) is 13.8. The molecule has 3 N–H and O–H groups in total. The van der Waals surface area contributed by atoms with Crippen molar-refractivity contribution in [1.29, 1.82) is 0 Å². The molecule has 19 heteroatoms. The zero-order valence-electron chi connectivity index (χ0n) is 68.3. The van der Waals surface area contributed by atoms with Crippen molar-refractivity contribution in [2.75, 3.05) is 39.6 Å². The number of hydrogen-bond donors (Lipinski definition) is 3. The molecule has 618 valence electrons. The molecule has 0 amide bonds. The zero-order valence-corrected chi connectivity index (χ0v) is 70.1. The van der Waals surface area contributed by atoms with Crippen molar-refractivity contribution < 1.29 is 80.2 Å². The lowest BCUT2D eigenvalue weighted by atomic mass is 10.0. The molecule has 2 unspecified atom stereocenters. The summed E-state index contributed by atoms with van der Waals surface area (Å²) in [5.74, 6) is -0.481. The smallest absolute Gasteiger partial charge is 0.462 e. The van der Waals surface area contributed by atoms with E-state index in [0.717, 1.165) is 102 Å². The molecular formula is C85H166O17P2. The van der Waals surface area contributed by atoms with Crippen LogP contribution in [0.4, 0.5) is 0 Å². The van der Waals surface area contributed by atoms with E-state index in [-0.39, 0.29) is 25.7 Å². The Labute approximate surface area is 638 Å². The van der Waals surface area contributed by atoms with Gasteiger partial charge in [-0.05, 0) is 37.5 Å². The van der Waals surface area contributed by atoms with Gasteiger partial charge >= 0.3 is 39.5 Å². The lowest BCUT2D eigenvalue weighted by molar-refractivity contribution is -0.161. The number of aliphatic hydroxyl groups is 1. The van der Waals surface area contributed by atoms with E-state index in [1.165, 1.54) is 270 Å². The van der Waals surface area contributed by atoms with Crippen LogP contribution in [0.3, 0.4) is 0 Å². The molecule has 104 heavy (non-hydrogen) atoms. The average molecular weight is 1520 g/mol. The standard InChI is InChI=1S/C85H166O17P2/c1-7-9-11-13-15-17-19-21-32-39-45-51-57-63-69-84(89)101-80(73-95-82(87)67-61-55-49-43-37-20-18-16-14-12-10-8-2)75-99-103(91,92)97-71-79(86)72-98-104(93,94)100-76-81(74-96-83(88)68-62-56-50-44-38-33-29-28-31-36-42-48-54-60-66-78(5)6)102-85(90)70-64-58-52-46-40-34-27-25-23-22-24-26-30-35-41-47-53-59-65-77(3)4/h77-81,86H,7-76H2,1-6H3,(H,91,92)(H,93,94)/t79-,80+,81+/m0/s1. The molecule has 0 aliphatic carbocycles. The number of rotatable bonds is 84. The fourth-order valence-electron chi connectivity index (χ4n) is 13.2. The van der Waals surface area contributed by atoms with Gasteiger partial charge in [0.15, 0.2) is 12.2 Å². The summed E-state index contributed by atoms with van der Waals surface area (Å²) in [7, 11) is -9.93. The number of unbranched alkanes of at least 4 members (excludes halogenated alkanes) is 54. The van der Waals surface area contributed by atoms with E-state index in [0.29, 0.717) is 25.7 Å². The number of carbonyl (C=O) groups is 4. The lowest BCUT2D eigenvalue weighted by Gasteiger charge is -2.21. The highest BCUT2D eigenvalue weighted by atomic mass is 31.2. The van der Waals surface area contributed by atoms with Crippen LogP contribution in [0.1, 0.15) is 452 Å². The average Bonchev–Trinajstić information content (AvgIpc) is 0.907. The van der Waals surface area contributed by atoms with Gasteiger partial charge in [0.05, 0.1) is 26.4 Å². The number of phosphoric acid groups is 2. The summed E-state index contributed by atoms with van der Waals surface area (Å²) in [6.07, 6.45) is 67.9. The van der Waals surface area contributed by atoms with Gasteiger partial charge in [-0.1, -0.05) is 401 Å². The van der Waals surface area contributed by atoms with Crippen LogP contribution in [-0.2, 0) is 65.4 Å². The Hall–Kier alpha value is -1.94. The predicted molar refractivity (Wildman–Crippen MR) is 428 cm³/mol. The molecule has 0 aliphatic rings. The van der Waals surface area contributed by atoms with Gasteiger partial charge in [-0.15, -0.1) is 0 Å². The molecule has 0 rings (SSSR count). The van der Waals surface area contributed by atoms with Gasteiger partial charge in [-0.2, -0.15) is 0 Å². The van der Waals surface area contributed by atoms with Gasteiger partial charge in [-0.25, -0.2) is 9.13 Å². The number of ether oxygens (including phenoxy) is 4. The summed E-state index contributed by atoms with van der Waals surface area (Å²) in [4.78, 5) is 73.2. The highest BCUT2D eigenvalue weighted by Crippen LogP contribution is 2.45. The van der Waals surface area contributed by atoms with E-state index in [1.54, 1.807) is 0 Å². The number of carbonyl (C=O) groups excluding carboxylic acids is 4. The molecule has 0 bridgehead atoms. The van der Waals surface area contributed by atoms with Crippen LogP contribution in [0.15, 0.2) is 0 Å². The minimum absolute atomic E-state index is 0.109. The van der Waals surface area contributed by atoms with Crippen LogP contribution in [-0.4, -0.2) is 96.7 Å². The molecule has 0 aromatic carbocycles. The van der Waals surface area contributed by atoms with Gasteiger partial charge < -0.3 is 33.8 Å². The summed E-state index contributed by atoms with van der Waals surface area (Å²) in [5, 5.41) is 10.7. The fraction of sp³-hybridized carbons (Fsp3) is 0.953. The molecule has 0 saturated heterocycles. The van der Waals surface area contributed by atoms with Crippen molar-refractivity contribution in [1.82, 2.24) is 0 Å². The third kappa shape index (κ3) is 78.2. The molecule has 0 radical (unpaired) electrons. The molecule has 17 nitrogen and oxygen atoms in total. The van der Waals surface area contributed by atoms with E-state index < -0.39 is 97.5 Å². The zero-order chi connectivity index (χ0) is 76.4. The predicted octanol–water partition coefficient (Wildman–Crippen LogP) is 25.8. The first-order valence-corrected chi connectivity index (χ1v) is 47.0. The second-order valence-corrected chi connectivity index (χ2v) is 34.4. The van der Waals surface area contributed by atoms with Crippen LogP contribution >= 0.6 is 15.6 Å². The minimum atomic E-state index is -4.97. The molecule has 0 fully saturated rings. The first-order chi connectivity index (χ1) is 50.4. The lowest BCUT2D eigenvalue weighted by Crippen LogP contribution is -2.30. The van der Waals surface area contributed by atoms with Crippen LogP contribution in [0.5, 0.6) is 0 Å². The molecule has 0 aromatic rings. The van der Waals surface area contributed by atoms with E-state index in [2.05, 4.69) is 41.5 Å². The highest BCUT2D eigenvalue weighted by Gasteiger charge is 2.30. The monoisotopic (exact) mass is 1520 g/mol. The third-order valence-corrected chi connectivity index (χ3v) is 21.9. The van der Waals surface area contributed by atoms with Gasteiger partial charge in [0.2, 0.25) is 0 Å². The SMILES string of the molecule is CCCCCCCCCCCCCCCCC(=O)O[C@H](COC(=O)CCCCCCCCCCCCCC)COP(=O)(O)OC[C@H](O)COP(=O)(O)OC[C@@H](COC(=O)CCCCCCCCCCCCCCCCC(C)C)OC(=O)CCCCCCCCCCCCCCCCCCCCC(C)C. The van der Waals surface area contributed by atoms with E-state index in [9.17, 15) is 43.2 Å². The molecule has 0 heterocycles. The molecular weight excluding hydrogens is 1350 g/mol. The van der Waals surface area contributed by atoms with Crippen LogP contribution in [0.25, 0.3) is 0 Å². The Kier molecular flexibility index (Phi) is 75.0. The summed E-state index contributed by atoms with van der Waals surface area (Å²) >= 11 is 0. The van der Waals surface area contributed by atoms with Gasteiger partial charge in [-0.3, -0.25) is 37.3 Å². The molecule has 5 atom stereocenters. The molecule has 0 spiro atoms. The van der Waals surface area contributed by atoms with Crippen LogP contribution < -0.4 is 0 Å². The number of aliphatic hydroxyl groups excluding tert-OH is 1. The number of esters is 4. The Morgan fingerprint density at radius 1 is 0.260 bits per heavy atom.